The van der Waals surface area contributed by atoms with Gasteiger partial charge in [0.15, 0.2) is 0 Å². The van der Waals surface area contributed by atoms with Crippen molar-refractivity contribution in [2.75, 3.05) is 19.1 Å². The molecule has 0 saturated carbocycles. The molecule has 1 aliphatic rings. The molecule has 2 heterocycles. The van der Waals surface area contributed by atoms with Gasteiger partial charge in [-0.15, -0.1) is 11.6 Å². The van der Waals surface area contributed by atoms with Crippen molar-refractivity contribution in [1.29, 1.82) is 0 Å². The number of hydrogen-bond acceptors (Lipinski definition) is 2. The fraction of sp³-hybridized carbons (Fsp3) is 0.750. The first-order valence-corrected chi connectivity index (χ1v) is 6.87. The Kier molecular flexibility index (Phi) is 4.01. The number of aryl methyl sites for hydroxylation is 2. The van der Waals surface area contributed by atoms with Crippen LogP contribution in [-0.4, -0.2) is 28.9 Å². The maximum absolute atomic E-state index is 6.36. The van der Waals surface area contributed by atoms with Crippen LogP contribution in [0.25, 0.3) is 0 Å². The highest BCUT2D eigenvalue weighted by Crippen LogP contribution is 2.36. The van der Waals surface area contributed by atoms with Crippen molar-refractivity contribution in [3.05, 3.63) is 16.4 Å². The van der Waals surface area contributed by atoms with Gasteiger partial charge in [0.25, 0.3) is 0 Å². The topological polar surface area (TPSA) is 27.1 Å². The van der Waals surface area contributed by atoms with Gasteiger partial charge in [0, 0.05) is 24.9 Å². The van der Waals surface area contributed by atoms with E-state index in [2.05, 4.69) is 12.0 Å². The Morgan fingerprint density at radius 2 is 2.29 bits per heavy atom. The minimum absolute atomic E-state index is 0.0317. The van der Waals surface area contributed by atoms with E-state index in [9.17, 15) is 0 Å². The van der Waals surface area contributed by atoms with E-state index in [0.29, 0.717) is 5.88 Å². The molecule has 3 nitrogen and oxygen atoms in total. The molecule has 0 N–H and O–H groups in total. The Labute approximate surface area is 112 Å². The molecule has 0 aliphatic carbocycles. The third-order valence-corrected chi connectivity index (χ3v) is 4.52. The minimum Gasteiger partial charge on any atom is -0.381 e. The van der Waals surface area contributed by atoms with E-state index < -0.39 is 0 Å². The van der Waals surface area contributed by atoms with Crippen molar-refractivity contribution >= 4 is 23.2 Å². The average molecular weight is 277 g/mol. The second kappa shape index (κ2) is 5.17. The summed E-state index contributed by atoms with van der Waals surface area (Å²) in [5, 5.41) is 5.23. The van der Waals surface area contributed by atoms with Crippen LogP contribution >= 0.6 is 23.2 Å². The largest absolute Gasteiger partial charge is 0.381 e. The van der Waals surface area contributed by atoms with E-state index >= 15 is 0 Å². The van der Waals surface area contributed by atoms with Crippen LogP contribution in [0.2, 0.25) is 5.02 Å². The number of aromatic nitrogens is 2. The molecule has 2 rings (SSSR count). The third-order valence-electron chi connectivity index (χ3n) is 3.51. The lowest BCUT2D eigenvalue weighted by molar-refractivity contribution is 0.160. The number of hydrogen-bond donors (Lipinski definition) is 0. The minimum atomic E-state index is 0.0317. The summed E-state index contributed by atoms with van der Waals surface area (Å²) in [7, 11) is 1.94. The summed E-state index contributed by atoms with van der Waals surface area (Å²) < 4.78 is 7.36. The Bertz CT molecular complexity index is 397. The first kappa shape index (κ1) is 13.2. The van der Waals surface area contributed by atoms with Crippen LogP contribution in [0.5, 0.6) is 0 Å². The van der Waals surface area contributed by atoms with Gasteiger partial charge in [-0.3, -0.25) is 4.68 Å². The summed E-state index contributed by atoms with van der Waals surface area (Å²) in [6, 6.07) is 0. The second-order valence-corrected chi connectivity index (χ2v) is 5.44. The Morgan fingerprint density at radius 3 is 2.76 bits per heavy atom. The molecule has 96 valence electrons. The number of ether oxygens (including phenoxy) is 1. The molecular weight excluding hydrogens is 259 g/mol. The van der Waals surface area contributed by atoms with Crippen LogP contribution in [0, 0.1) is 5.41 Å². The average Bonchev–Trinajstić information content (AvgIpc) is 2.90. The molecule has 5 heteroatoms. The lowest BCUT2D eigenvalue weighted by Crippen LogP contribution is -2.27. The van der Waals surface area contributed by atoms with Crippen molar-refractivity contribution < 1.29 is 4.74 Å². The number of halogens is 2. The van der Waals surface area contributed by atoms with Gasteiger partial charge in [0.2, 0.25) is 0 Å². The van der Waals surface area contributed by atoms with Crippen LogP contribution in [0.4, 0.5) is 0 Å². The first-order chi connectivity index (χ1) is 8.12. The summed E-state index contributed by atoms with van der Waals surface area (Å²) in [4.78, 5) is 0. The van der Waals surface area contributed by atoms with Gasteiger partial charge in [-0.25, -0.2) is 0 Å². The highest BCUT2D eigenvalue weighted by molar-refractivity contribution is 6.31. The maximum Gasteiger partial charge on any atom is 0.0849 e. The zero-order chi connectivity index (χ0) is 12.5. The van der Waals surface area contributed by atoms with E-state index in [1.54, 1.807) is 0 Å². The van der Waals surface area contributed by atoms with Gasteiger partial charge in [0.1, 0.15) is 0 Å². The maximum atomic E-state index is 6.36. The standard InChI is InChI=1S/C12H18Cl2N2O/c1-3-9-11(14)10(16(2)15-9)6-12(7-13)4-5-17-8-12/h3-8H2,1-2H3. The van der Waals surface area contributed by atoms with Gasteiger partial charge in [-0.2, -0.15) is 5.10 Å². The highest BCUT2D eigenvalue weighted by atomic mass is 35.5. The molecule has 1 aromatic heterocycles. The number of rotatable bonds is 4. The summed E-state index contributed by atoms with van der Waals surface area (Å²) in [5.74, 6) is 0.607. The van der Waals surface area contributed by atoms with Gasteiger partial charge in [0.05, 0.1) is 23.0 Å². The van der Waals surface area contributed by atoms with Crippen molar-refractivity contribution in [2.45, 2.75) is 26.2 Å². The quantitative estimate of drug-likeness (QED) is 0.791. The molecule has 1 aromatic rings. The van der Waals surface area contributed by atoms with Crippen molar-refractivity contribution in [3.8, 4) is 0 Å². The summed E-state index contributed by atoms with van der Waals surface area (Å²) in [5.41, 5.74) is 2.08. The fourth-order valence-corrected chi connectivity index (χ4v) is 2.97. The molecule has 0 bridgehead atoms. The van der Waals surface area contributed by atoms with Crippen LogP contribution in [-0.2, 0) is 24.6 Å². The molecule has 1 fully saturated rings. The van der Waals surface area contributed by atoms with Crippen LogP contribution in [0.15, 0.2) is 0 Å². The molecule has 0 spiro atoms. The van der Waals surface area contributed by atoms with Crippen LogP contribution < -0.4 is 0 Å². The first-order valence-electron chi connectivity index (χ1n) is 5.96. The van der Waals surface area contributed by atoms with Gasteiger partial charge >= 0.3 is 0 Å². The summed E-state index contributed by atoms with van der Waals surface area (Å²) >= 11 is 12.5. The fourth-order valence-electron chi connectivity index (χ4n) is 2.31. The Morgan fingerprint density at radius 1 is 1.53 bits per heavy atom. The normalized spacial score (nSPS) is 24.5. The molecular formula is C12H18Cl2N2O. The number of nitrogens with zero attached hydrogens (tertiary/aromatic N) is 2. The molecule has 1 aliphatic heterocycles. The monoisotopic (exact) mass is 276 g/mol. The molecule has 17 heavy (non-hydrogen) atoms. The highest BCUT2D eigenvalue weighted by Gasteiger charge is 2.36. The van der Waals surface area contributed by atoms with E-state index in [-0.39, 0.29) is 5.41 Å². The molecule has 1 unspecified atom stereocenters. The summed E-state index contributed by atoms with van der Waals surface area (Å²) in [6.07, 6.45) is 2.70. The van der Waals surface area contributed by atoms with Gasteiger partial charge < -0.3 is 4.74 Å². The van der Waals surface area contributed by atoms with E-state index in [0.717, 1.165) is 48.9 Å². The molecule has 1 saturated heterocycles. The third kappa shape index (κ3) is 2.47. The van der Waals surface area contributed by atoms with E-state index in [1.165, 1.54) is 0 Å². The van der Waals surface area contributed by atoms with Crippen LogP contribution in [0.3, 0.4) is 0 Å². The molecule has 0 aromatic carbocycles. The van der Waals surface area contributed by atoms with Gasteiger partial charge in [-0.1, -0.05) is 18.5 Å². The van der Waals surface area contributed by atoms with Crippen molar-refractivity contribution in [2.24, 2.45) is 12.5 Å². The number of alkyl halides is 1. The predicted molar refractivity (Wildman–Crippen MR) is 69.9 cm³/mol. The smallest absolute Gasteiger partial charge is 0.0849 e. The molecule has 0 amide bonds. The Hall–Kier alpha value is -0.250. The van der Waals surface area contributed by atoms with Gasteiger partial charge in [-0.05, 0) is 19.3 Å². The predicted octanol–water partition coefficient (Wildman–Crippen LogP) is 2.82. The zero-order valence-electron chi connectivity index (χ0n) is 10.3. The van der Waals surface area contributed by atoms with Crippen LogP contribution in [0.1, 0.15) is 24.7 Å². The molecule has 1 atom stereocenters. The Balaban J connectivity index is 2.25. The lowest BCUT2D eigenvalue weighted by Gasteiger charge is -2.24. The summed E-state index contributed by atoms with van der Waals surface area (Å²) in [6.45, 7) is 3.58. The van der Waals surface area contributed by atoms with Crippen molar-refractivity contribution in [3.63, 3.8) is 0 Å². The van der Waals surface area contributed by atoms with E-state index in [1.807, 2.05) is 11.7 Å². The van der Waals surface area contributed by atoms with E-state index in [4.69, 9.17) is 27.9 Å². The zero-order valence-corrected chi connectivity index (χ0v) is 11.8. The second-order valence-electron chi connectivity index (χ2n) is 4.80. The lowest BCUT2D eigenvalue weighted by atomic mass is 9.84. The van der Waals surface area contributed by atoms with Crippen molar-refractivity contribution in [1.82, 2.24) is 9.78 Å². The molecule has 0 radical (unpaired) electrons. The SMILES string of the molecule is CCc1nn(C)c(CC2(CCl)CCOC2)c1Cl.